The van der Waals surface area contributed by atoms with Crippen LogP contribution in [0.3, 0.4) is 0 Å². The summed E-state index contributed by atoms with van der Waals surface area (Å²) in [6.45, 7) is 0. The van der Waals surface area contributed by atoms with Gasteiger partial charge >= 0.3 is 0 Å². The summed E-state index contributed by atoms with van der Waals surface area (Å²) >= 11 is 6.90. The van der Waals surface area contributed by atoms with Gasteiger partial charge in [-0.1, -0.05) is 29.8 Å². The van der Waals surface area contributed by atoms with Crippen LogP contribution < -0.4 is 0 Å². The molecule has 0 saturated carbocycles. The lowest BCUT2D eigenvalue weighted by Gasteiger charge is -1.99. The van der Waals surface area contributed by atoms with Gasteiger partial charge in [0.15, 0.2) is 0 Å². The number of hydrogen-bond acceptors (Lipinski definition) is 2. The van der Waals surface area contributed by atoms with Crippen LogP contribution in [0.5, 0.6) is 5.75 Å². The zero-order valence-electron chi connectivity index (χ0n) is 6.40. The Balaban J connectivity index is 2.57. The molecule has 0 aliphatic heterocycles. The van der Waals surface area contributed by atoms with Crippen LogP contribution in [0.25, 0.3) is 0 Å². The van der Waals surface area contributed by atoms with Crippen molar-refractivity contribution in [3.63, 3.8) is 0 Å². The quantitative estimate of drug-likeness (QED) is 0.756. The van der Waals surface area contributed by atoms with Crippen LogP contribution in [-0.2, 0) is 0 Å². The van der Waals surface area contributed by atoms with Crippen molar-refractivity contribution in [2.45, 2.75) is 4.90 Å². The van der Waals surface area contributed by atoms with Crippen LogP contribution in [0.15, 0.2) is 40.8 Å². The van der Waals surface area contributed by atoms with E-state index in [1.807, 2.05) is 18.2 Å². The summed E-state index contributed by atoms with van der Waals surface area (Å²) in [5, 5.41) is 9.33. The molecule has 0 amide bonds. The summed E-state index contributed by atoms with van der Waals surface area (Å²) in [6, 6.07) is 7.25. The van der Waals surface area contributed by atoms with E-state index in [0.29, 0.717) is 5.75 Å². The van der Waals surface area contributed by atoms with Crippen molar-refractivity contribution < 1.29 is 5.11 Å². The third-order valence-corrected chi connectivity index (χ3v) is 2.48. The Kier molecular flexibility index (Phi) is 4.05. The third kappa shape index (κ3) is 2.80. The first-order valence-corrected chi connectivity index (χ1v) is 4.93. The summed E-state index contributed by atoms with van der Waals surface area (Å²) in [6.07, 6.45) is 1.83. The Morgan fingerprint density at radius 1 is 1.42 bits per heavy atom. The van der Waals surface area contributed by atoms with Crippen LogP contribution in [-0.4, -0.2) is 10.9 Å². The minimum atomic E-state index is 0.325. The SMILES string of the molecule is Oc1ccccc1SCC=CCl. The van der Waals surface area contributed by atoms with Gasteiger partial charge in [0.2, 0.25) is 0 Å². The second-order valence-corrected chi connectivity index (χ2v) is 3.45. The van der Waals surface area contributed by atoms with Crippen molar-refractivity contribution in [2.75, 3.05) is 5.75 Å². The number of aromatic hydroxyl groups is 1. The van der Waals surface area contributed by atoms with Crippen molar-refractivity contribution in [1.82, 2.24) is 0 Å². The fourth-order valence-corrected chi connectivity index (χ4v) is 1.71. The highest BCUT2D eigenvalue weighted by atomic mass is 35.5. The first-order chi connectivity index (χ1) is 5.84. The number of para-hydroxylation sites is 1. The zero-order chi connectivity index (χ0) is 8.81. The van der Waals surface area contributed by atoms with Crippen LogP contribution in [0, 0.1) is 0 Å². The molecule has 0 unspecified atom stereocenters. The Labute approximate surface area is 81.1 Å². The van der Waals surface area contributed by atoms with Crippen molar-refractivity contribution in [3.05, 3.63) is 35.9 Å². The molecule has 0 radical (unpaired) electrons. The molecule has 0 saturated heterocycles. The predicted octanol–water partition coefficient (Wildman–Crippen LogP) is 3.24. The molecule has 1 rings (SSSR count). The fourth-order valence-electron chi connectivity index (χ4n) is 0.753. The number of phenolic OH excluding ortho intramolecular Hbond substituents is 1. The maximum Gasteiger partial charge on any atom is 0.129 e. The molecular formula is C9H9ClOS. The Hall–Kier alpha value is -0.600. The molecule has 1 aromatic carbocycles. The molecule has 0 aliphatic carbocycles. The van der Waals surface area contributed by atoms with E-state index >= 15 is 0 Å². The van der Waals surface area contributed by atoms with Crippen molar-refractivity contribution >= 4 is 23.4 Å². The van der Waals surface area contributed by atoms with Crippen molar-refractivity contribution in [2.24, 2.45) is 0 Å². The topological polar surface area (TPSA) is 20.2 Å². The van der Waals surface area contributed by atoms with Gasteiger partial charge in [-0.2, -0.15) is 0 Å². The standard InChI is InChI=1S/C9H9ClOS/c10-6-3-7-12-9-5-2-1-4-8(9)11/h1-6,11H,7H2. The molecule has 1 nitrogen and oxygen atoms in total. The number of thioether (sulfide) groups is 1. The van der Waals surface area contributed by atoms with E-state index in [1.165, 1.54) is 5.54 Å². The first-order valence-electron chi connectivity index (χ1n) is 3.50. The highest BCUT2D eigenvalue weighted by Crippen LogP contribution is 2.27. The van der Waals surface area contributed by atoms with Gasteiger partial charge in [-0.15, -0.1) is 11.8 Å². The minimum Gasteiger partial charge on any atom is -0.507 e. The molecule has 64 valence electrons. The lowest BCUT2D eigenvalue weighted by molar-refractivity contribution is 0.462. The van der Waals surface area contributed by atoms with E-state index in [1.54, 1.807) is 23.9 Å². The van der Waals surface area contributed by atoms with Crippen LogP contribution in [0.4, 0.5) is 0 Å². The molecule has 0 atom stereocenters. The number of rotatable bonds is 3. The summed E-state index contributed by atoms with van der Waals surface area (Å²) in [5.74, 6) is 1.10. The van der Waals surface area contributed by atoms with Gasteiger partial charge in [0.05, 0.1) is 0 Å². The second-order valence-electron chi connectivity index (χ2n) is 2.14. The molecule has 0 aliphatic rings. The van der Waals surface area contributed by atoms with Crippen molar-refractivity contribution in [1.29, 1.82) is 0 Å². The third-order valence-electron chi connectivity index (χ3n) is 1.29. The maximum absolute atomic E-state index is 9.33. The number of hydrogen-bond donors (Lipinski definition) is 1. The smallest absolute Gasteiger partial charge is 0.129 e. The fraction of sp³-hybridized carbons (Fsp3) is 0.111. The van der Waals surface area contributed by atoms with Crippen LogP contribution >= 0.6 is 23.4 Å². The normalized spacial score (nSPS) is 10.8. The van der Waals surface area contributed by atoms with Gasteiger partial charge in [-0.25, -0.2) is 0 Å². The van der Waals surface area contributed by atoms with E-state index in [9.17, 15) is 5.11 Å². The molecule has 3 heteroatoms. The molecular weight excluding hydrogens is 192 g/mol. The lowest BCUT2D eigenvalue weighted by Crippen LogP contribution is -1.74. The van der Waals surface area contributed by atoms with Crippen LogP contribution in [0.2, 0.25) is 0 Å². The van der Waals surface area contributed by atoms with Gasteiger partial charge in [-0.05, 0) is 12.1 Å². The van der Waals surface area contributed by atoms with Crippen LogP contribution in [0.1, 0.15) is 0 Å². The zero-order valence-corrected chi connectivity index (χ0v) is 7.98. The minimum absolute atomic E-state index is 0.325. The molecule has 0 bridgehead atoms. The number of benzene rings is 1. The predicted molar refractivity (Wildman–Crippen MR) is 53.8 cm³/mol. The van der Waals surface area contributed by atoms with Gasteiger partial charge in [0, 0.05) is 16.2 Å². The summed E-state index contributed by atoms with van der Waals surface area (Å²) in [7, 11) is 0. The lowest BCUT2D eigenvalue weighted by atomic mass is 10.3. The molecule has 1 N–H and O–H groups in total. The van der Waals surface area contributed by atoms with E-state index in [4.69, 9.17) is 11.6 Å². The first kappa shape index (κ1) is 9.49. The van der Waals surface area contributed by atoms with Gasteiger partial charge in [0.25, 0.3) is 0 Å². The van der Waals surface area contributed by atoms with Gasteiger partial charge in [0.1, 0.15) is 5.75 Å². The molecule has 0 spiro atoms. The van der Waals surface area contributed by atoms with Gasteiger partial charge < -0.3 is 5.11 Å². The largest absolute Gasteiger partial charge is 0.507 e. The molecule has 0 heterocycles. The molecule has 0 fully saturated rings. The maximum atomic E-state index is 9.33. The second kappa shape index (κ2) is 5.12. The average molecular weight is 201 g/mol. The highest BCUT2D eigenvalue weighted by molar-refractivity contribution is 7.99. The van der Waals surface area contributed by atoms with E-state index in [-0.39, 0.29) is 0 Å². The molecule has 1 aromatic rings. The number of halogens is 1. The van der Waals surface area contributed by atoms with E-state index in [2.05, 4.69) is 0 Å². The highest BCUT2D eigenvalue weighted by Gasteiger charge is 1.96. The number of phenols is 1. The molecule has 12 heavy (non-hydrogen) atoms. The summed E-state index contributed by atoms with van der Waals surface area (Å²) in [4.78, 5) is 0.882. The monoisotopic (exact) mass is 200 g/mol. The molecule has 0 aromatic heterocycles. The average Bonchev–Trinajstić information content (AvgIpc) is 2.09. The van der Waals surface area contributed by atoms with E-state index < -0.39 is 0 Å². The Morgan fingerprint density at radius 2 is 2.17 bits per heavy atom. The van der Waals surface area contributed by atoms with Crippen molar-refractivity contribution in [3.8, 4) is 5.75 Å². The van der Waals surface area contributed by atoms with Gasteiger partial charge in [-0.3, -0.25) is 0 Å². The summed E-state index contributed by atoms with van der Waals surface area (Å²) in [5.41, 5.74) is 1.48. The van der Waals surface area contributed by atoms with E-state index in [0.717, 1.165) is 10.6 Å². The Bertz CT molecular complexity index is 273. The summed E-state index contributed by atoms with van der Waals surface area (Å²) < 4.78 is 0. The Morgan fingerprint density at radius 3 is 2.83 bits per heavy atom.